The normalized spacial score (nSPS) is 11.4. The Morgan fingerprint density at radius 1 is 1.37 bits per heavy atom. The van der Waals surface area contributed by atoms with Crippen LogP contribution < -0.4 is 5.32 Å². The van der Waals surface area contributed by atoms with Gasteiger partial charge >= 0.3 is 0 Å². The van der Waals surface area contributed by atoms with Gasteiger partial charge in [0, 0.05) is 46.2 Å². The SMILES string of the molecule is COCCNCc1cncn1CCCOCC(C)C. The van der Waals surface area contributed by atoms with Gasteiger partial charge in [0.25, 0.3) is 0 Å². The average molecular weight is 269 g/mol. The maximum atomic E-state index is 5.58. The number of aromatic nitrogens is 2. The Bertz CT molecular complexity index is 326. The van der Waals surface area contributed by atoms with E-state index in [-0.39, 0.29) is 0 Å². The second-order valence-corrected chi connectivity index (χ2v) is 5.07. The van der Waals surface area contributed by atoms with E-state index in [1.54, 1.807) is 7.11 Å². The Hall–Kier alpha value is -0.910. The molecular formula is C14H27N3O2. The second-order valence-electron chi connectivity index (χ2n) is 5.07. The molecule has 1 aromatic rings. The summed E-state index contributed by atoms with van der Waals surface area (Å²) in [6.45, 7) is 9.37. The molecule has 1 N–H and O–H groups in total. The summed E-state index contributed by atoms with van der Waals surface area (Å²) in [5, 5.41) is 3.33. The number of rotatable bonds is 11. The number of imidazole rings is 1. The standard InChI is InChI=1S/C14H27N3O2/c1-13(2)11-19-7-4-6-17-12-16-10-14(17)9-15-5-8-18-3/h10,12-13,15H,4-9,11H2,1-3H3. The number of hydrogen-bond acceptors (Lipinski definition) is 4. The van der Waals surface area contributed by atoms with Crippen molar-refractivity contribution in [3.8, 4) is 0 Å². The Morgan fingerprint density at radius 3 is 2.95 bits per heavy atom. The van der Waals surface area contributed by atoms with Crippen LogP contribution in [0.1, 0.15) is 26.0 Å². The second kappa shape index (κ2) is 9.95. The predicted molar refractivity (Wildman–Crippen MR) is 76.1 cm³/mol. The first-order chi connectivity index (χ1) is 9.24. The zero-order chi connectivity index (χ0) is 13.9. The van der Waals surface area contributed by atoms with E-state index < -0.39 is 0 Å². The first-order valence-corrected chi connectivity index (χ1v) is 7.00. The lowest BCUT2D eigenvalue weighted by Crippen LogP contribution is -2.20. The molecule has 110 valence electrons. The first-order valence-electron chi connectivity index (χ1n) is 7.00. The molecule has 0 atom stereocenters. The Kier molecular flexibility index (Phi) is 8.45. The third kappa shape index (κ3) is 7.30. The van der Waals surface area contributed by atoms with Gasteiger partial charge in [-0.3, -0.25) is 0 Å². The Morgan fingerprint density at radius 2 is 2.21 bits per heavy atom. The molecule has 1 rings (SSSR count). The smallest absolute Gasteiger partial charge is 0.0948 e. The van der Waals surface area contributed by atoms with Gasteiger partial charge in [-0.1, -0.05) is 13.8 Å². The van der Waals surface area contributed by atoms with Gasteiger partial charge in [0.1, 0.15) is 0 Å². The van der Waals surface area contributed by atoms with Crippen LogP contribution >= 0.6 is 0 Å². The third-order valence-electron chi connectivity index (χ3n) is 2.73. The van der Waals surface area contributed by atoms with E-state index in [4.69, 9.17) is 9.47 Å². The van der Waals surface area contributed by atoms with Crippen LogP contribution in [-0.2, 0) is 22.6 Å². The van der Waals surface area contributed by atoms with Crippen LogP contribution in [0.2, 0.25) is 0 Å². The van der Waals surface area contributed by atoms with Gasteiger partial charge in [-0.05, 0) is 12.3 Å². The van der Waals surface area contributed by atoms with Crippen LogP contribution in [0.4, 0.5) is 0 Å². The maximum Gasteiger partial charge on any atom is 0.0948 e. The Labute approximate surface area is 116 Å². The van der Waals surface area contributed by atoms with E-state index in [9.17, 15) is 0 Å². The van der Waals surface area contributed by atoms with Crippen LogP contribution in [0.15, 0.2) is 12.5 Å². The number of ether oxygens (including phenoxy) is 2. The number of nitrogens with zero attached hydrogens (tertiary/aromatic N) is 2. The van der Waals surface area contributed by atoms with Gasteiger partial charge in [0.05, 0.1) is 18.6 Å². The summed E-state index contributed by atoms with van der Waals surface area (Å²) in [5.41, 5.74) is 1.21. The number of methoxy groups -OCH3 is 1. The zero-order valence-electron chi connectivity index (χ0n) is 12.4. The summed E-state index contributed by atoms with van der Waals surface area (Å²) in [6, 6.07) is 0. The summed E-state index contributed by atoms with van der Waals surface area (Å²) in [6.07, 6.45) is 4.82. The van der Waals surface area contributed by atoms with Gasteiger partial charge in [-0.2, -0.15) is 0 Å². The van der Waals surface area contributed by atoms with Crippen LogP contribution in [0, 0.1) is 5.92 Å². The van der Waals surface area contributed by atoms with E-state index in [2.05, 4.69) is 28.7 Å². The minimum atomic E-state index is 0.605. The van der Waals surface area contributed by atoms with Crippen molar-refractivity contribution in [2.24, 2.45) is 5.92 Å². The highest BCUT2D eigenvalue weighted by molar-refractivity contribution is 4.97. The van der Waals surface area contributed by atoms with E-state index in [0.29, 0.717) is 5.92 Å². The average Bonchev–Trinajstić information content (AvgIpc) is 2.81. The molecule has 0 fully saturated rings. The molecular weight excluding hydrogens is 242 g/mol. The fraction of sp³-hybridized carbons (Fsp3) is 0.786. The Balaban J connectivity index is 2.17. The number of nitrogens with one attached hydrogen (secondary N) is 1. The largest absolute Gasteiger partial charge is 0.383 e. The van der Waals surface area contributed by atoms with Crippen molar-refractivity contribution in [3.05, 3.63) is 18.2 Å². The molecule has 5 heteroatoms. The summed E-state index contributed by atoms with van der Waals surface area (Å²) in [5.74, 6) is 0.605. The zero-order valence-corrected chi connectivity index (χ0v) is 12.4. The van der Waals surface area contributed by atoms with E-state index in [1.165, 1.54) is 5.69 Å². The maximum absolute atomic E-state index is 5.58. The summed E-state index contributed by atoms with van der Waals surface area (Å²) in [7, 11) is 1.71. The summed E-state index contributed by atoms with van der Waals surface area (Å²) < 4.78 is 12.8. The topological polar surface area (TPSA) is 48.3 Å². The van der Waals surface area contributed by atoms with Crippen LogP contribution in [-0.4, -0.2) is 43.0 Å². The molecule has 0 radical (unpaired) electrons. The van der Waals surface area contributed by atoms with Gasteiger partial charge in [0.2, 0.25) is 0 Å². The molecule has 0 aliphatic rings. The van der Waals surface area contributed by atoms with Crippen molar-refractivity contribution < 1.29 is 9.47 Å². The summed E-state index contributed by atoms with van der Waals surface area (Å²) >= 11 is 0. The molecule has 0 saturated carbocycles. The minimum absolute atomic E-state index is 0.605. The van der Waals surface area contributed by atoms with E-state index in [1.807, 2.05) is 12.5 Å². The lowest BCUT2D eigenvalue weighted by atomic mass is 10.2. The van der Waals surface area contributed by atoms with Crippen LogP contribution in [0.3, 0.4) is 0 Å². The molecule has 0 saturated heterocycles. The van der Waals surface area contributed by atoms with Crippen molar-refractivity contribution in [1.82, 2.24) is 14.9 Å². The molecule has 1 aromatic heterocycles. The highest BCUT2D eigenvalue weighted by atomic mass is 16.5. The van der Waals surface area contributed by atoms with Crippen LogP contribution in [0.5, 0.6) is 0 Å². The monoisotopic (exact) mass is 269 g/mol. The molecule has 0 spiro atoms. The molecule has 0 aliphatic heterocycles. The van der Waals surface area contributed by atoms with Gasteiger partial charge in [-0.15, -0.1) is 0 Å². The fourth-order valence-corrected chi connectivity index (χ4v) is 1.74. The highest BCUT2D eigenvalue weighted by Gasteiger charge is 2.01. The minimum Gasteiger partial charge on any atom is -0.383 e. The number of aryl methyl sites for hydroxylation is 1. The lowest BCUT2D eigenvalue weighted by Gasteiger charge is -2.10. The van der Waals surface area contributed by atoms with Crippen molar-refractivity contribution in [3.63, 3.8) is 0 Å². The molecule has 19 heavy (non-hydrogen) atoms. The molecule has 0 aliphatic carbocycles. The molecule has 0 aromatic carbocycles. The molecule has 1 heterocycles. The lowest BCUT2D eigenvalue weighted by molar-refractivity contribution is 0.105. The summed E-state index contributed by atoms with van der Waals surface area (Å²) in [4.78, 5) is 4.20. The number of hydrogen-bond donors (Lipinski definition) is 1. The molecule has 0 bridgehead atoms. The first kappa shape index (κ1) is 16.1. The van der Waals surface area contributed by atoms with Crippen molar-refractivity contribution in [2.45, 2.75) is 33.4 Å². The van der Waals surface area contributed by atoms with E-state index >= 15 is 0 Å². The quantitative estimate of drug-likeness (QED) is 0.621. The van der Waals surface area contributed by atoms with Crippen molar-refractivity contribution in [2.75, 3.05) is 33.5 Å². The molecule has 0 amide bonds. The van der Waals surface area contributed by atoms with E-state index in [0.717, 1.165) is 45.9 Å². The van der Waals surface area contributed by atoms with Gasteiger partial charge < -0.3 is 19.4 Å². The molecule has 5 nitrogen and oxygen atoms in total. The van der Waals surface area contributed by atoms with Gasteiger partial charge in [-0.25, -0.2) is 4.98 Å². The third-order valence-corrected chi connectivity index (χ3v) is 2.73. The fourth-order valence-electron chi connectivity index (χ4n) is 1.74. The van der Waals surface area contributed by atoms with Crippen LogP contribution in [0.25, 0.3) is 0 Å². The van der Waals surface area contributed by atoms with Crippen molar-refractivity contribution >= 4 is 0 Å². The molecule has 0 unspecified atom stereocenters. The van der Waals surface area contributed by atoms with Gasteiger partial charge in [0.15, 0.2) is 0 Å². The van der Waals surface area contributed by atoms with Crippen molar-refractivity contribution in [1.29, 1.82) is 0 Å². The predicted octanol–water partition coefficient (Wildman–Crippen LogP) is 1.68. The highest BCUT2D eigenvalue weighted by Crippen LogP contribution is 2.01.